The summed E-state index contributed by atoms with van der Waals surface area (Å²) in [5.74, 6) is 0.368. The van der Waals surface area contributed by atoms with E-state index in [1.807, 2.05) is 36.4 Å². The Hall–Kier alpha value is -1.57. The Morgan fingerprint density at radius 1 is 1.27 bits per heavy atom. The van der Waals surface area contributed by atoms with Gasteiger partial charge in [-0.15, -0.1) is 0 Å². The van der Waals surface area contributed by atoms with Gasteiger partial charge in [0, 0.05) is 21.5 Å². The van der Waals surface area contributed by atoms with Crippen molar-refractivity contribution < 1.29 is 14.3 Å². The van der Waals surface area contributed by atoms with Crippen molar-refractivity contribution in [3.8, 4) is 0 Å². The summed E-state index contributed by atoms with van der Waals surface area (Å²) in [6.07, 6.45) is 0.221. The molecule has 1 amide bonds. The molecule has 0 atom stereocenters. The predicted octanol–water partition coefficient (Wildman–Crippen LogP) is 3.65. The van der Waals surface area contributed by atoms with Gasteiger partial charge in [0.2, 0.25) is 5.91 Å². The van der Waals surface area contributed by atoms with Gasteiger partial charge in [-0.25, -0.2) is 0 Å². The van der Waals surface area contributed by atoms with Gasteiger partial charge >= 0.3 is 0 Å². The van der Waals surface area contributed by atoms with Crippen LogP contribution in [0.25, 0.3) is 0 Å². The smallest absolute Gasteiger partial charge is 0.228 e. The Balaban J connectivity index is 1.57. The Kier molecular flexibility index (Phi) is 6.93. The summed E-state index contributed by atoms with van der Waals surface area (Å²) in [6.45, 7) is 2.72. The number of carbonyl (C=O) groups excluding carboxylic acids is 1. The van der Waals surface area contributed by atoms with Gasteiger partial charge in [-0.3, -0.25) is 9.93 Å². The van der Waals surface area contributed by atoms with Crippen LogP contribution < -0.4 is 10.5 Å². The summed E-state index contributed by atoms with van der Waals surface area (Å²) in [4.78, 5) is 13.1. The van der Waals surface area contributed by atoms with Crippen molar-refractivity contribution in [2.45, 2.75) is 17.9 Å². The molecule has 1 aliphatic rings. The monoisotopic (exact) mass is 392 g/mol. The maximum absolute atomic E-state index is 12.3. The molecule has 0 saturated carbocycles. The van der Waals surface area contributed by atoms with E-state index in [1.165, 1.54) is 0 Å². The molecule has 1 saturated heterocycles. The maximum Gasteiger partial charge on any atom is 0.228 e. The molecular formula is C19H21ClN2O3S. The summed E-state index contributed by atoms with van der Waals surface area (Å²) in [7, 11) is 0. The highest BCUT2D eigenvalue weighted by molar-refractivity contribution is 7.97. The molecule has 1 aliphatic heterocycles. The number of anilines is 1. The van der Waals surface area contributed by atoms with Crippen LogP contribution in [-0.2, 0) is 27.3 Å². The summed E-state index contributed by atoms with van der Waals surface area (Å²) in [6, 6.07) is 13.0. The molecule has 26 heavy (non-hydrogen) atoms. The van der Waals surface area contributed by atoms with Crippen LogP contribution in [0.2, 0.25) is 5.02 Å². The maximum atomic E-state index is 12.3. The third kappa shape index (κ3) is 5.22. The van der Waals surface area contributed by atoms with E-state index in [0.29, 0.717) is 29.8 Å². The van der Waals surface area contributed by atoms with Crippen molar-refractivity contribution in [3.05, 3.63) is 58.6 Å². The van der Waals surface area contributed by atoms with E-state index in [0.717, 1.165) is 41.2 Å². The third-order valence-electron chi connectivity index (χ3n) is 4.10. The van der Waals surface area contributed by atoms with Gasteiger partial charge in [0.05, 0.1) is 32.8 Å². The van der Waals surface area contributed by atoms with Crippen molar-refractivity contribution >= 4 is 35.1 Å². The molecule has 2 aromatic carbocycles. The Morgan fingerprint density at radius 2 is 2.08 bits per heavy atom. The minimum atomic E-state index is -0.125. The van der Waals surface area contributed by atoms with Gasteiger partial charge in [0.25, 0.3) is 0 Å². The number of rotatable bonds is 8. The Morgan fingerprint density at radius 3 is 2.77 bits per heavy atom. The molecule has 3 rings (SSSR count). The second-order valence-electron chi connectivity index (χ2n) is 6.18. The highest BCUT2D eigenvalue weighted by Crippen LogP contribution is 2.24. The molecule has 138 valence electrons. The van der Waals surface area contributed by atoms with Crippen molar-refractivity contribution in [2.24, 2.45) is 11.1 Å². The first kappa shape index (κ1) is 19.2. The van der Waals surface area contributed by atoms with Crippen LogP contribution >= 0.6 is 23.5 Å². The fraction of sp³-hybridized carbons (Fsp3) is 0.316. The molecule has 0 bridgehead atoms. The van der Waals surface area contributed by atoms with Crippen LogP contribution in [0.4, 0.5) is 5.69 Å². The Labute approximate surface area is 162 Å². The predicted molar refractivity (Wildman–Crippen MR) is 104 cm³/mol. The van der Waals surface area contributed by atoms with E-state index in [4.69, 9.17) is 26.2 Å². The zero-order valence-electron chi connectivity index (χ0n) is 14.2. The summed E-state index contributed by atoms with van der Waals surface area (Å²) in [5, 5.41) is 9.25. The average molecular weight is 393 g/mol. The molecule has 0 radical (unpaired) electrons. The number of hydrogen-bond donors (Lipinski definition) is 2. The lowest BCUT2D eigenvalue weighted by Gasteiger charge is -2.25. The largest absolute Gasteiger partial charge is 0.381 e. The molecule has 5 nitrogen and oxygen atoms in total. The summed E-state index contributed by atoms with van der Waals surface area (Å²) in [5.41, 5.74) is 2.50. The van der Waals surface area contributed by atoms with Crippen molar-refractivity contribution in [3.63, 3.8) is 0 Å². The molecule has 7 heteroatoms. The van der Waals surface area contributed by atoms with E-state index in [1.54, 1.807) is 6.07 Å². The van der Waals surface area contributed by atoms with E-state index in [-0.39, 0.29) is 12.3 Å². The van der Waals surface area contributed by atoms with Gasteiger partial charge in [-0.1, -0.05) is 35.9 Å². The first-order valence-corrected chi connectivity index (χ1v) is 9.60. The number of ether oxygens (including phenoxy) is 2. The van der Waals surface area contributed by atoms with Crippen LogP contribution in [0.3, 0.4) is 0 Å². The zero-order chi connectivity index (χ0) is 18.4. The first-order valence-electron chi connectivity index (χ1n) is 8.34. The topological polar surface area (TPSA) is 73.6 Å². The van der Waals surface area contributed by atoms with Gasteiger partial charge in [-0.2, -0.15) is 0 Å². The van der Waals surface area contributed by atoms with Crippen molar-refractivity contribution in [2.75, 3.05) is 25.1 Å². The number of nitrogens with one attached hydrogen (secondary N) is 1. The number of benzene rings is 2. The summed E-state index contributed by atoms with van der Waals surface area (Å²) < 4.78 is 10.9. The van der Waals surface area contributed by atoms with Gasteiger partial charge < -0.3 is 14.8 Å². The molecule has 0 spiro atoms. The van der Waals surface area contributed by atoms with E-state index < -0.39 is 0 Å². The molecule has 0 aliphatic carbocycles. The number of halogens is 1. The van der Waals surface area contributed by atoms with Crippen LogP contribution in [-0.4, -0.2) is 25.7 Å². The second-order valence-corrected chi connectivity index (χ2v) is 7.26. The van der Waals surface area contributed by atoms with Crippen LogP contribution in [0.5, 0.6) is 0 Å². The van der Waals surface area contributed by atoms with Gasteiger partial charge in [0.15, 0.2) is 0 Å². The lowest BCUT2D eigenvalue weighted by atomic mass is 10.1. The second kappa shape index (κ2) is 9.39. The molecule has 1 fully saturated rings. The average Bonchev–Trinajstić information content (AvgIpc) is 2.60. The lowest BCUT2D eigenvalue weighted by Crippen LogP contribution is -2.31. The van der Waals surface area contributed by atoms with Gasteiger partial charge in [0.1, 0.15) is 0 Å². The first-order chi connectivity index (χ1) is 12.7. The van der Waals surface area contributed by atoms with Crippen LogP contribution in [0.1, 0.15) is 11.1 Å². The lowest BCUT2D eigenvalue weighted by molar-refractivity contribution is -0.115. The van der Waals surface area contributed by atoms with E-state index in [9.17, 15) is 4.79 Å². The minimum Gasteiger partial charge on any atom is -0.381 e. The number of hydrogen-bond acceptors (Lipinski definition) is 5. The van der Waals surface area contributed by atoms with Crippen LogP contribution in [0.15, 0.2) is 47.4 Å². The SMILES string of the molecule is NSc1cc(NC(=O)Cc2ccccc2Cl)ccc1COCC1COC1. The normalized spacial score (nSPS) is 14.1. The summed E-state index contributed by atoms with van der Waals surface area (Å²) >= 11 is 7.25. The zero-order valence-corrected chi connectivity index (χ0v) is 15.8. The number of nitrogens with two attached hydrogens (primary N) is 1. The van der Waals surface area contributed by atoms with Gasteiger partial charge in [-0.05, 0) is 41.3 Å². The van der Waals surface area contributed by atoms with E-state index in [2.05, 4.69) is 5.32 Å². The molecule has 0 unspecified atom stereocenters. The quantitative estimate of drug-likeness (QED) is 0.671. The third-order valence-corrected chi connectivity index (χ3v) is 5.11. The molecular weight excluding hydrogens is 372 g/mol. The fourth-order valence-electron chi connectivity index (χ4n) is 2.60. The Bertz CT molecular complexity index is 768. The molecule has 2 aromatic rings. The van der Waals surface area contributed by atoms with E-state index >= 15 is 0 Å². The highest BCUT2D eigenvalue weighted by atomic mass is 35.5. The molecule has 0 aromatic heterocycles. The number of carbonyl (C=O) groups is 1. The van der Waals surface area contributed by atoms with Crippen molar-refractivity contribution in [1.29, 1.82) is 0 Å². The van der Waals surface area contributed by atoms with Crippen LogP contribution in [0, 0.1) is 5.92 Å². The van der Waals surface area contributed by atoms with Crippen molar-refractivity contribution in [1.82, 2.24) is 0 Å². The molecule has 3 N–H and O–H groups in total. The fourth-order valence-corrected chi connectivity index (χ4v) is 3.27. The standard InChI is InChI=1S/C19H21ClN2O3S/c20-17-4-2-1-3-14(17)7-19(23)22-16-6-5-15(18(8-16)26-21)12-25-11-13-9-24-10-13/h1-6,8,13H,7,9-12,21H2,(H,22,23). The number of amides is 1. The highest BCUT2D eigenvalue weighted by Gasteiger charge is 2.18. The molecule has 1 heterocycles. The minimum absolute atomic E-state index is 0.125.